The van der Waals surface area contributed by atoms with Crippen LogP contribution in [0.3, 0.4) is 0 Å². The fourth-order valence-electron chi connectivity index (χ4n) is 2.13. The smallest absolute Gasteiger partial charge is 0.257 e. The predicted octanol–water partition coefficient (Wildman–Crippen LogP) is 3.59. The molecule has 0 radical (unpaired) electrons. The second-order valence-corrected chi connectivity index (χ2v) is 7.81. The maximum Gasteiger partial charge on any atom is 0.257 e. The van der Waals surface area contributed by atoms with Gasteiger partial charge in [0.15, 0.2) is 0 Å². The summed E-state index contributed by atoms with van der Waals surface area (Å²) in [6, 6.07) is 11.1. The second kappa shape index (κ2) is 7.34. The van der Waals surface area contributed by atoms with Gasteiger partial charge in [-0.1, -0.05) is 29.8 Å². The van der Waals surface area contributed by atoms with Gasteiger partial charge in [-0.15, -0.1) is 0 Å². The summed E-state index contributed by atoms with van der Waals surface area (Å²) in [5.74, 6) is -0.462. The van der Waals surface area contributed by atoms with E-state index in [4.69, 9.17) is 11.6 Å². The molecule has 0 saturated carbocycles. The zero-order valence-electron chi connectivity index (χ0n) is 13.6. The number of para-hydroxylation sites is 1. The minimum atomic E-state index is -3.70. The molecular formula is C17H19ClN2O3S. The van der Waals surface area contributed by atoms with Crippen LogP contribution in [0.4, 0.5) is 5.69 Å². The number of rotatable bonds is 5. The van der Waals surface area contributed by atoms with E-state index in [0.29, 0.717) is 5.69 Å². The van der Waals surface area contributed by atoms with Crippen LogP contribution in [0.1, 0.15) is 29.8 Å². The lowest BCUT2D eigenvalue weighted by atomic mass is 10.1. The zero-order valence-corrected chi connectivity index (χ0v) is 15.2. The van der Waals surface area contributed by atoms with Gasteiger partial charge in [0.2, 0.25) is 10.0 Å². The molecule has 0 aliphatic carbocycles. The Morgan fingerprint density at radius 1 is 1.12 bits per heavy atom. The molecule has 2 aromatic carbocycles. The van der Waals surface area contributed by atoms with Crippen molar-refractivity contribution in [3.63, 3.8) is 0 Å². The molecule has 0 heterocycles. The van der Waals surface area contributed by atoms with Crippen LogP contribution < -0.4 is 10.0 Å². The number of hydrogen-bond donors (Lipinski definition) is 2. The number of anilines is 1. The van der Waals surface area contributed by atoms with Gasteiger partial charge in [0.25, 0.3) is 5.91 Å². The van der Waals surface area contributed by atoms with Crippen LogP contribution in [-0.4, -0.2) is 20.4 Å². The number of hydrogen-bond acceptors (Lipinski definition) is 3. The Morgan fingerprint density at radius 2 is 1.79 bits per heavy atom. The van der Waals surface area contributed by atoms with Gasteiger partial charge in [0, 0.05) is 11.7 Å². The van der Waals surface area contributed by atoms with Crippen molar-refractivity contribution in [3.05, 3.63) is 58.6 Å². The molecule has 2 aromatic rings. The van der Waals surface area contributed by atoms with E-state index in [1.807, 2.05) is 19.1 Å². The Hall–Kier alpha value is -1.89. The number of carbonyl (C=O) groups is 1. The lowest BCUT2D eigenvalue weighted by Gasteiger charge is -2.12. The standard InChI is InChI=1S/C17H19ClN2O3S/c1-11(2)20-24(22,23)13-8-9-15(18)14(10-13)17(21)19-16-7-5-4-6-12(16)3/h4-11,20H,1-3H3,(H,19,21). The third-order valence-electron chi connectivity index (χ3n) is 3.28. The van der Waals surface area contributed by atoms with E-state index in [2.05, 4.69) is 10.0 Å². The van der Waals surface area contributed by atoms with Gasteiger partial charge >= 0.3 is 0 Å². The van der Waals surface area contributed by atoms with Crippen molar-refractivity contribution in [1.29, 1.82) is 0 Å². The normalized spacial score (nSPS) is 11.5. The zero-order chi connectivity index (χ0) is 17.9. The van der Waals surface area contributed by atoms with E-state index in [1.165, 1.54) is 18.2 Å². The van der Waals surface area contributed by atoms with Crippen molar-refractivity contribution in [1.82, 2.24) is 4.72 Å². The number of aryl methyl sites for hydroxylation is 1. The van der Waals surface area contributed by atoms with Crippen molar-refractivity contribution in [2.24, 2.45) is 0 Å². The quantitative estimate of drug-likeness (QED) is 0.849. The molecule has 2 rings (SSSR count). The molecule has 0 saturated heterocycles. The lowest BCUT2D eigenvalue weighted by molar-refractivity contribution is 0.102. The summed E-state index contributed by atoms with van der Waals surface area (Å²) in [4.78, 5) is 12.5. The monoisotopic (exact) mass is 366 g/mol. The minimum absolute atomic E-state index is 0.00414. The molecule has 0 aliphatic rings. The topological polar surface area (TPSA) is 75.3 Å². The molecule has 2 N–H and O–H groups in total. The molecule has 5 nitrogen and oxygen atoms in total. The fraction of sp³-hybridized carbons (Fsp3) is 0.235. The van der Waals surface area contributed by atoms with Gasteiger partial charge < -0.3 is 5.32 Å². The largest absolute Gasteiger partial charge is 0.322 e. The molecule has 0 aromatic heterocycles. The number of halogens is 1. The van der Waals surface area contributed by atoms with Gasteiger partial charge in [-0.25, -0.2) is 13.1 Å². The Balaban J connectivity index is 2.35. The average molecular weight is 367 g/mol. The van der Waals surface area contributed by atoms with Gasteiger partial charge in [-0.2, -0.15) is 0 Å². The van der Waals surface area contributed by atoms with Gasteiger partial charge in [0.05, 0.1) is 15.5 Å². The highest BCUT2D eigenvalue weighted by Crippen LogP contribution is 2.23. The van der Waals surface area contributed by atoms with Crippen LogP contribution in [-0.2, 0) is 10.0 Å². The van der Waals surface area contributed by atoms with Crippen LogP contribution >= 0.6 is 11.6 Å². The minimum Gasteiger partial charge on any atom is -0.322 e. The van der Waals surface area contributed by atoms with E-state index < -0.39 is 15.9 Å². The van der Waals surface area contributed by atoms with Crippen LogP contribution in [0.15, 0.2) is 47.4 Å². The van der Waals surface area contributed by atoms with Gasteiger partial charge in [-0.3, -0.25) is 4.79 Å². The molecule has 24 heavy (non-hydrogen) atoms. The van der Waals surface area contributed by atoms with Gasteiger partial charge in [0.1, 0.15) is 0 Å². The number of sulfonamides is 1. The Labute approximate surface area is 147 Å². The Bertz CT molecular complexity index is 864. The molecule has 0 fully saturated rings. The SMILES string of the molecule is Cc1ccccc1NC(=O)c1cc(S(=O)(=O)NC(C)C)ccc1Cl. The highest BCUT2D eigenvalue weighted by molar-refractivity contribution is 7.89. The van der Waals surface area contributed by atoms with E-state index in [0.717, 1.165) is 5.56 Å². The van der Waals surface area contributed by atoms with Crippen LogP contribution in [0.5, 0.6) is 0 Å². The number of benzene rings is 2. The summed E-state index contributed by atoms with van der Waals surface area (Å²) in [6.07, 6.45) is 0. The highest BCUT2D eigenvalue weighted by atomic mass is 35.5. The van der Waals surface area contributed by atoms with Crippen molar-refractivity contribution in [2.75, 3.05) is 5.32 Å². The molecule has 0 bridgehead atoms. The van der Waals surface area contributed by atoms with E-state index in [9.17, 15) is 13.2 Å². The van der Waals surface area contributed by atoms with E-state index in [-0.39, 0.29) is 21.5 Å². The highest BCUT2D eigenvalue weighted by Gasteiger charge is 2.19. The second-order valence-electron chi connectivity index (χ2n) is 5.69. The molecule has 1 amide bonds. The summed E-state index contributed by atoms with van der Waals surface area (Å²) in [5, 5.41) is 2.93. The third-order valence-corrected chi connectivity index (χ3v) is 5.26. The first-order chi connectivity index (χ1) is 11.2. The summed E-state index contributed by atoms with van der Waals surface area (Å²) >= 11 is 6.08. The maximum absolute atomic E-state index is 12.5. The van der Waals surface area contributed by atoms with Crippen molar-refractivity contribution >= 4 is 33.2 Å². The first-order valence-corrected chi connectivity index (χ1v) is 9.25. The Kier molecular flexibility index (Phi) is 5.64. The molecule has 128 valence electrons. The van der Waals surface area contributed by atoms with E-state index in [1.54, 1.807) is 26.0 Å². The summed E-state index contributed by atoms with van der Waals surface area (Å²) in [6.45, 7) is 5.31. The molecule has 0 unspecified atom stereocenters. The number of amides is 1. The molecule has 0 atom stereocenters. The van der Waals surface area contributed by atoms with E-state index >= 15 is 0 Å². The summed E-state index contributed by atoms with van der Waals surface area (Å²) in [5.41, 5.74) is 1.64. The predicted molar refractivity (Wildman–Crippen MR) is 96.0 cm³/mol. The summed E-state index contributed by atoms with van der Waals surface area (Å²) in [7, 11) is -3.70. The maximum atomic E-state index is 12.5. The summed E-state index contributed by atoms with van der Waals surface area (Å²) < 4.78 is 27.0. The number of carbonyl (C=O) groups excluding carboxylic acids is 1. The van der Waals surface area contributed by atoms with Gasteiger partial charge in [-0.05, 0) is 50.6 Å². The van der Waals surface area contributed by atoms with Crippen molar-refractivity contribution < 1.29 is 13.2 Å². The third kappa shape index (κ3) is 4.35. The first-order valence-electron chi connectivity index (χ1n) is 7.39. The Morgan fingerprint density at radius 3 is 2.42 bits per heavy atom. The van der Waals surface area contributed by atoms with Crippen molar-refractivity contribution in [3.8, 4) is 0 Å². The van der Waals surface area contributed by atoms with Crippen LogP contribution in [0.2, 0.25) is 5.02 Å². The molecule has 7 heteroatoms. The average Bonchev–Trinajstić information content (AvgIpc) is 2.48. The fourth-order valence-corrected chi connectivity index (χ4v) is 3.61. The molecule has 0 spiro atoms. The molecule has 0 aliphatic heterocycles. The molecular weight excluding hydrogens is 348 g/mol. The van der Waals surface area contributed by atoms with Crippen LogP contribution in [0, 0.1) is 6.92 Å². The van der Waals surface area contributed by atoms with Crippen molar-refractivity contribution in [2.45, 2.75) is 31.7 Å². The number of nitrogens with one attached hydrogen (secondary N) is 2. The first kappa shape index (κ1) is 18.4. The lowest BCUT2D eigenvalue weighted by Crippen LogP contribution is -2.30. The van der Waals surface area contributed by atoms with Crippen LogP contribution in [0.25, 0.3) is 0 Å².